The lowest BCUT2D eigenvalue weighted by atomic mass is 9.96. The largest absolute Gasteiger partial charge is 0.437 e. The lowest BCUT2D eigenvalue weighted by Crippen LogP contribution is -2.35. The van der Waals surface area contributed by atoms with Crippen LogP contribution in [0, 0.1) is 5.92 Å². The molecule has 1 unspecified atom stereocenters. The first-order valence-corrected chi connectivity index (χ1v) is 8.32. The summed E-state index contributed by atoms with van der Waals surface area (Å²) in [5.74, 6) is 0.521. The summed E-state index contributed by atoms with van der Waals surface area (Å²) in [5, 5.41) is 20.4. The van der Waals surface area contributed by atoms with E-state index in [1.165, 1.54) is 0 Å². The number of nitrogens with zero attached hydrogens (tertiary/aromatic N) is 6. The van der Waals surface area contributed by atoms with Crippen LogP contribution in [0.2, 0.25) is 0 Å². The highest BCUT2D eigenvalue weighted by Crippen LogP contribution is 2.49. The third kappa shape index (κ3) is 2.93. The first kappa shape index (κ1) is 15.6. The normalized spacial score (nSPS) is 23.0. The number of H-pyrrole nitrogens is 1. The number of halogens is 3. The maximum Gasteiger partial charge on any atom is 0.437 e. The zero-order valence-electron chi connectivity index (χ0n) is 12.5. The van der Waals surface area contributed by atoms with Gasteiger partial charge in [-0.2, -0.15) is 18.4 Å². The Balaban J connectivity index is 1.33. The number of aromatic amines is 1. The standard InChI is InChI=1S/C13H14F3N7S/c14-13(15,16)12(19-20-12)5-8-3-4-23(6-8)7-9-1-2-10(24-9)11-17-21-22-18-11/h1-2,8H,3-7H2,(H,17,18,21,22). The zero-order chi connectivity index (χ0) is 16.8. The molecular weight excluding hydrogens is 343 g/mol. The molecule has 4 heterocycles. The van der Waals surface area contributed by atoms with Gasteiger partial charge in [0.2, 0.25) is 5.82 Å². The number of alkyl halides is 3. The van der Waals surface area contributed by atoms with E-state index in [-0.39, 0.29) is 12.3 Å². The number of likely N-dealkylation sites (tertiary alicyclic amines) is 1. The van der Waals surface area contributed by atoms with E-state index in [0.717, 1.165) is 22.7 Å². The number of thiophene rings is 1. The zero-order valence-corrected chi connectivity index (χ0v) is 13.3. The fraction of sp³-hybridized carbons (Fsp3) is 0.615. The minimum atomic E-state index is -4.37. The average molecular weight is 357 g/mol. The van der Waals surface area contributed by atoms with Crippen LogP contribution >= 0.6 is 11.3 Å². The minimum absolute atomic E-state index is 0.0294. The maximum atomic E-state index is 12.9. The van der Waals surface area contributed by atoms with Crippen molar-refractivity contribution in [1.82, 2.24) is 25.5 Å². The van der Waals surface area contributed by atoms with Crippen molar-refractivity contribution in [2.24, 2.45) is 16.1 Å². The molecule has 2 aliphatic heterocycles. The van der Waals surface area contributed by atoms with Crippen molar-refractivity contribution in [2.75, 3.05) is 13.1 Å². The van der Waals surface area contributed by atoms with Gasteiger partial charge in [-0.05, 0) is 36.2 Å². The van der Waals surface area contributed by atoms with Crippen molar-refractivity contribution in [2.45, 2.75) is 31.2 Å². The second kappa shape index (κ2) is 5.59. The quantitative estimate of drug-likeness (QED) is 0.892. The first-order chi connectivity index (χ1) is 11.5. The van der Waals surface area contributed by atoms with Crippen molar-refractivity contribution in [1.29, 1.82) is 0 Å². The van der Waals surface area contributed by atoms with Crippen LogP contribution in [0.3, 0.4) is 0 Å². The second-order valence-electron chi connectivity index (χ2n) is 6.11. The minimum Gasteiger partial charge on any atom is -0.298 e. The molecule has 0 aromatic carbocycles. The molecular formula is C13H14F3N7S. The van der Waals surface area contributed by atoms with Crippen LogP contribution in [0.1, 0.15) is 17.7 Å². The average Bonchev–Trinajstić information content (AvgIpc) is 2.94. The second-order valence-corrected chi connectivity index (χ2v) is 7.28. The molecule has 1 fully saturated rings. The molecule has 24 heavy (non-hydrogen) atoms. The topological polar surface area (TPSA) is 82.4 Å². The lowest BCUT2D eigenvalue weighted by Gasteiger charge is -2.19. The van der Waals surface area contributed by atoms with Crippen LogP contribution in [0.25, 0.3) is 10.7 Å². The molecule has 0 saturated carbocycles. The Kier molecular flexibility index (Phi) is 3.64. The van der Waals surface area contributed by atoms with Crippen LogP contribution in [0.5, 0.6) is 0 Å². The van der Waals surface area contributed by atoms with Gasteiger partial charge in [-0.3, -0.25) is 4.90 Å². The van der Waals surface area contributed by atoms with Crippen LogP contribution in [-0.4, -0.2) is 50.5 Å². The van der Waals surface area contributed by atoms with E-state index in [4.69, 9.17) is 0 Å². The number of hydrogen-bond donors (Lipinski definition) is 1. The van der Waals surface area contributed by atoms with Crippen LogP contribution in [0.4, 0.5) is 13.2 Å². The number of tetrazole rings is 1. The Morgan fingerprint density at radius 3 is 2.83 bits per heavy atom. The van der Waals surface area contributed by atoms with E-state index in [1.807, 2.05) is 12.1 Å². The monoisotopic (exact) mass is 357 g/mol. The highest BCUT2D eigenvalue weighted by Gasteiger charge is 2.64. The van der Waals surface area contributed by atoms with Crippen molar-refractivity contribution < 1.29 is 13.2 Å². The van der Waals surface area contributed by atoms with E-state index in [1.54, 1.807) is 11.3 Å². The molecule has 2 aromatic heterocycles. The Bertz CT molecular complexity index is 733. The highest BCUT2D eigenvalue weighted by molar-refractivity contribution is 7.15. The van der Waals surface area contributed by atoms with Gasteiger partial charge in [-0.25, -0.2) is 0 Å². The first-order valence-electron chi connectivity index (χ1n) is 7.51. The predicted molar refractivity (Wildman–Crippen MR) is 79.1 cm³/mol. The van der Waals surface area contributed by atoms with Gasteiger partial charge < -0.3 is 0 Å². The van der Waals surface area contributed by atoms with Gasteiger partial charge in [0.15, 0.2) is 0 Å². The summed E-state index contributed by atoms with van der Waals surface area (Å²) in [6.45, 7) is 2.14. The summed E-state index contributed by atoms with van der Waals surface area (Å²) >= 11 is 1.56. The van der Waals surface area contributed by atoms with E-state index >= 15 is 0 Å². The molecule has 0 amide bonds. The molecule has 128 valence electrons. The number of rotatable bonds is 5. The van der Waals surface area contributed by atoms with Crippen LogP contribution in [0.15, 0.2) is 22.4 Å². The smallest absolute Gasteiger partial charge is 0.298 e. The molecule has 1 saturated heterocycles. The molecule has 0 radical (unpaired) electrons. The lowest BCUT2D eigenvalue weighted by molar-refractivity contribution is -0.167. The predicted octanol–water partition coefficient (Wildman–Crippen LogP) is 2.86. The van der Waals surface area contributed by atoms with Gasteiger partial charge >= 0.3 is 6.18 Å². The molecule has 0 bridgehead atoms. The van der Waals surface area contributed by atoms with Crippen molar-refractivity contribution >= 4 is 11.3 Å². The van der Waals surface area contributed by atoms with E-state index < -0.39 is 11.8 Å². The molecule has 2 aliphatic rings. The van der Waals surface area contributed by atoms with Gasteiger partial charge in [-0.15, -0.1) is 31.8 Å². The molecule has 1 atom stereocenters. The summed E-state index contributed by atoms with van der Waals surface area (Å²) in [7, 11) is 0. The molecule has 0 aliphatic carbocycles. The Morgan fingerprint density at radius 2 is 2.17 bits per heavy atom. The fourth-order valence-electron chi connectivity index (χ4n) is 3.07. The molecule has 1 N–H and O–H groups in total. The Hall–Kier alpha value is -1.88. The summed E-state index contributed by atoms with van der Waals surface area (Å²) < 4.78 is 38.7. The van der Waals surface area contributed by atoms with Gasteiger partial charge in [0.05, 0.1) is 4.88 Å². The van der Waals surface area contributed by atoms with Crippen molar-refractivity contribution in [3.8, 4) is 10.7 Å². The Labute approximate surface area is 139 Å². The van der Waals surface area contributed by atoms with Gasteiger partial charge in [0, 0.05) is 24.4 Å². The number of aromatic nitrogens is 4. The van der Waals surface area contributed by atoms with Crippen LogP contribution in [-0.2, 0) is 6.54 Å². The van der Waals surface area contributed by atoms with E-state index in [9.17, 15) is 13.2 Å². The van der Waals surface area contributed by atoms with Crippen molar-refractivity contribution in [3.63, 3.8) is 0 Å². The number of nitrogens with one attached hydrogen (secondary N) is 1. The maximum absolute atomic E-state index is 12.9. The highest BCUT2D eigenvalue weighted by atomic mass is 32.1. The molecule has 2 aromatic rings. The van der Waals surface area contributed by atoms with E-state index in [2.05, 4.69) is 35.8 Å². The summed E-state index contributed by atoms with van der Waals surface area (Å²) in [6, 6.07) is 3.92. The number of hydrogen-bond acceptors (Lipinski definition) is 7. The van der Waals surface area contributed by atoms with Gasteiger partial charge in [0.25, 0.3) is 5.66 Å². The molecule has 0 spiro atoms. The van der Waals surface area contributed by atoms with Gasteiger partial charge in [-0.1, -0.05) is 0 Å². The SMILES string of the molecule is FC(F)(F)C1(CC2CCN(Cc3ccc(-c4nn[nH]n4)s3)C2)N=N1. The molecule has 4 rings (SSSR count). The third-order valence-electron chi connectivity index (χ3n) is 4.35. The summed E-state index contributed by atoms with van der Waals surface area (Å²) in [5.41, 5.74) is -2.12. The van der Waals surface area contributed by atoms with Crippen LogP contribution < -0.4 is 0 Å². The summed E-state index contributed by atoms with van der Waals surface area (Å²) in [6.07, 6.45) is -3.66. The van der Waals surface area contributed by atoms with Gasteiger partial charge in [0.1, 0.15) is 0 Å². The molecule has 7 nitrogen and oxygen atoms in total. The Morgan fingerprint density at radius 1 is 1.33 bits per heavy atom. The van der Waals surface area contributed by atoms with Crippen molar-refractivity contribution in [3.05, 3.63) is 17.0 Å². The fourth-order valence-corrected chi connectivity index (χ4v) is 4.05. The molecule has 11 heteroatoms. The summed E-state index contributed by atoms with van der Waals surface area (Å²) in [4.78, 5) is 4.21. The third-order valence-corrected chi connectivity index (χ3v) is 5.41. The van der Waals surface area contributed by atoms with E-state index in [0.29, 0.717) is 18.9 Å².